The minimum atomic E-state index is -4.34. The van der Waals surface area contributed by atoms with Gasteiger partial charge in [-0.25, -0.2) is 8.42 Å². The summed E-state index contributed by atoms with van der Waals surface area (Å²) >= 11 is 0. The molecule has 1 atom stereocenters. The largest absolute Gasteiger partial charge is 0.493 e. The van der Waals surface area contributed by atoms with Crippen molar-refractivity contribution >= 4 is 26.6 Å². The van der Waals surface area contributed by atoms with E-state index in [2.05, 4.69) is 4.98 Å². The van der Waals surface area contributed by atoms with Crippen molar-refractivity contribution in [3.63, 3.8) is 0 Å². The molecule has 1 aromatic heterocycles. The molecule has 11 nitrogen and oxygen atoms in total. The molecule has 12 heteroatoms. The van der Waals surface area contributed by atoms with Crippen LogP contribution in [0.5, 0.6) is 11.5 Å². The quantitative estimate of drug-likeness (QED) is 0.347. The fourth-order valence-corrected chi connectivity index (χ4v) is 5.72. The summed E-state index contributed by atoms with van der Waals surface area (Å²) in [6.07, 6.45) is 1.05. The van der Waals surface area contributed by atoms with Gasteiger partial charge in [0.1, 0.15) is 0 Å². The number of ether oxygens (including phenoxy) is 3. The number of aromatic amines is 1. The lowest BCUT2D eigenvalue weighted by Crippen LogP contribution is -2.38. The minimum Gasteiger partial charge on any atom is -0.493 e. The SMILES string of the molecule is COc1cc2cc(CN(C[C@H]3CCCO3)S(=O)(=O)c3ccccc3[N+](=O)[O-])c(=O)[nH]c2cc1OC. The number of rotatable bonds is 9. The Hall–Kier alpha value is -3.48. The molecule has 2 aromatic carbocycles. The van der Waals surface area contributed by atoms with Crippen LogP contribution in [-0.4, -0.2) is 56.1 Å². The Kier molecular flexibility index (Phi) is 7.05. The smallest absolute Gasteiger partial charge is 0.289 e. The fraction of sp³-hybridized carbons (Fsp3) is 0.348. The van der Waals surface area contributed by atoms with Crippen LogP contribution < -0.4 is 15.0 Å². The van der Waals surface area contributed by atoms with Crippen LogP contribution in [0.1, 0.15) is 18.4 Å². The van der Waals surface area contributed by atoms with Crippen LogP contribution >= 0.6 is 0 Å². The van der Waals surface area contributed by atoms with Gasteiger partial charge in [0.05, 0.1) is 30.8 Å². The number of hydrogen-bond donors (Lipinski definition) is 1. The maximum absolute atomic E-state index is 13.6. The number of para-hydroxylation sites is 1. The molecule has 0 bridgehead atoms. The van der Waals surface area contributed by atoms with E-state index in [-0.39, 0.29) is 24.8 Å². The zero-order valence-corrected chi connectivity index (χ0v) is 20.0. The first-order valence-corrected chi connectivity index (χ1v) is 12.3. The molecular weight excluding hydrogens is 478 g/mol. The highest BCUT2D eigenvalue weighted by atomic mass is 32.2. The molecule has 1 aliphatic heterocycles. The summed E-state index contributed by atoms with van der Waals surface area (Å²) in [6, 6.07) is 10.0. The molecule has 0 aliphatic carbocycles. The number of nitrogens with one attached hydrogen (secondary N) is 1. The van der Waals surface area contributed by atoms with Crippen molar-refractivity contribution in [2.75, 3.05) is 27.4 Å². The number of aromatic nitrogens is 1. The van der Waals surface area contributed by atoms with Gasteiger partial charge in [0, 0.05) is 42.8 Å². The molecule has 3 aromatic rings. The highest BCUT2D eigenvalue weighted by Gasteiger charge is 2.34. The number of nitro benzene ring substituents is 1. The summed E-state index contributed by atoms with van der Waals surface area (Å²) in [6.45, 7) is 0.161. The third kappa shape index (κ3) is 4.99. The van der Waals surface area contributed by atoms with Crippen molar-refractivity contribution in [3.8, 4) is 11.5 Å². The molecule has 0 radical (unpaired) electrons. The molecule has 4 rings (SSSR count). The van der Waals surface area contributed by atoms with Gasteiger partial charge in [-0.05, 0) is 31.0 Å². The maximum atomic E-state index is 13.6. The normalized spacial score (nSPS) is 16.0. The predicted octanol–water partition coefficient (Wildman–Crippen LogP) is 2.82. The van der Waals surface area contributed by atoms with Crippen LogP contribution in [0.2, 0.25) is 0 Å². The Labute approximate surface area is 201 Å². The van der Waals surface area contributed by atoms with E-state index >= 15 is 0 Å². The number of H-pyrrole nitrogens is 1. The topological polar surface area (TPSA) is 141 Å². The first-order chi connectivity index (χ1) is 16.7. The van der Waals surface area contributed by atoms with E-state index in [0.29, 0.717) is 35.4 Å². The number of sulfonamides is 1. The molecule has 1 saturated heterocycles. The molecule has 186 valence electrons. The molecule has 1 N–H and O–H groups in total. The van der Waals surface area contributed by atoms with Crippen molar-refractivity contribution in [1.82, 2.24) is 9.29 Å². The van der Waals surface area contributed by atoms with Gasteiger partial charge in [0.15, 0.2) is 16.4 Å². The molecular formula is C23H25N3O8S. The van der Waals surface area contributed by atoms with Crippen LogP contribution in [0, 0.1) is 10.1 Å². The lowest BCUT2D eigenvalue weighted by Gasteiger charge is -2.24. The van der Waals surface area contributed by atoms with Crippen molar-refractivity contribution in [3.05, 3.63) is 68.5 Å². The van der Waals surface area contributed by atoms with Gasteiger partial charge in [0.25, 0.3) is 11.2 Å². The van der Waals surface area contributed by atoms with Crippen LogP contribution in [0.3, 0.4) is 0 Å². The maximum Gasteiger partial charge on any atom is 0.289 e. The second-order valence-corrected chi connectivity index (χ2v) is 9.98. The zero-order chi connectivity index (χ0) is 25.2. The summed E-state index contributed by atoms with van der Waals surface area (Å²) in [5, 5.41) is 12.1. The first kappa shape index (κ1) is 24.6. The third-order valence-electron chi connectivity index (χ3n) is 5.88. The number of benzene rings is 2. The van der Waals surface area contributed by atoms with E-state index in [1.54, 1.807) is 18.2 Å². The fourth-order valence-electron chi connectivity index (χ4n) is 4.11. The molecule has 0 spiro atoms. The van der Waals surface area contributed by atoms with Crippen molar-refractivity contribution in [2.45, 2.75) is 30.4 Å². The summed E-state index contributed by atoms with van der Waals surface area (Å²) < 4.78 is 44.6. The number of pyridine rings is 1. The van der Waals surface area contributed by atoms with Gasteiger partial charge >= 0.3 is 0 Å². The monoisotopic (exact) mass is 503 g/mol. The van der Waals surface area contributed by atoms with Crippen LogP contribution in [0.4, 0.5) is 5.69 Å². The van der Waals surface area contributed by atoms with Gasteiger partial charge in [0.2, 0.25) is 10.0 Å². The van der Waals surface area contributed by atoms with Gasteiger partial charge in [-0.2, -0.15) is 4.31 Å². The minimum absolute atomic E-state index is 0.0439. The van der Waals surface area contributed by atoms with Crippen molar-refractivity contribution < 1.29 is 27.6 Å². The Bertz CT molecular complexity index is 1410. The lowest BCUT2D eigenvalue weighted by molar-refractivity contribution is -0.387. The molecule has 1 fully saturated rings. The van der Waals surface area contributed by atoms with E-state index < -0.39 is 31.1 Å². The number of fused-ring (bicyclic) bond motifs is 1. The van der Waals surface area contributed by atoms with Gasteiger partial charge in [-0.1, -0.05) is 12.1 Å². The second-order valence-electron chi connectivity index (χ2n) is 8.08. The van der Waals surface area contributed by atoms with Crippen molar-refractivity contribution in [1.29, 1.82) is 0 Å². The second kappa shape index (κ2) is 10.0. The number of hydrogen-bond acceptors (Lipinski definition) is 8. The Balaban J connectivity index is 1.79. The molecule has 0 saturated carbocycles. The highest BCUT2D eigenvalue weighted by Crippen LogP contribution is 2.32. The summed E-state index contributed by atoms with van der Waals surface area (Å²) in [5.74, 6) is 0.879. The summed E-state index contributed by atoms with van der Waals surface area (Å²) in [4.78, 5) is 26.0. The Morgan fingerprint density at radius 3 is 2.54 bits per heavy atom. The van der Waals surface area contributed by atoms with Gasteiger partial charge in [-0.15, -0.1) is 0 Å². The van der Waals surface area contributed by atoms with Gasteiger partial charge < -0.3 is 19.2 Å². The molecule has 1 aliphatic rings. The van der Waals surface area contributed by atoms with E-state index in [9.17, 15) is 23.3 Å². The summed E-state index contributed by atoms with van der Waals surface area (Å²) in [5.41, 5.74) is -0.359. The summed E-state index contributed by atoms with van der Waals surface area (Å²) in [7, 11) is -1.38. The Morgan fingerprint density at radius 1 is 1.17 bits per heavy atom. The first-order valence-electron chi connectivity index (χ1n) is 10.9. The van der Waals surface area contributed by atoms with Gasteiger partial charge in [-0.3, -0.25) is 14.9 Å². The molecule has 0 amide bonds. The third-order valence-corrected chi connectivity index (χ3v) is 7.74. The Morgan fingerprint density at radius 2 is 1.89 bits per heavy atom. The van der Waals surface area contributed by atoms with Crippen LogP contribution in [0.25, 0.3) is 10.9 Å². The average Bonchev–Trinajstić information content (AvgIpc) is 3.36. The van der Waals surface area contributed by atoms with Crippen LogP contribution in [0.15, 0.2) is 52.2 Å². The molecule has 2 heterocycles. The predicted molar refractivity (Wildman–Crippen MR) is 127 cm³/mol. The molecule has 0 unspecified atom stereocenters. The van der Waals surface area contributed by atoms with E-state index in [0.717, 1.165) is 16.8 Å². The lowest BCUT2D eigenvalue weighted by atomic mass is 10.1. The van der Waals surface area contributed by atoms with E-state index in [1.165, 1.54) is 32.4 Å². The zero-order valence-electron chi connectivity index (χ0n) is 19.2. The van der Waals surface area contributed by atoms with Crippen LogP contribution in [-0.2, 0) is 21.3 Å². The standard InChI is InChI=1S/C23H25N3O8S/c1-32-20-11-15-10-16(23(27)24-18(15)12-21(20)33-2)13-25(14-17-6-5-9-34-17)35(30,31)22-8-4-3-7-19(22)26(28)29/h3-4,7-8,10-12,17H,5-6,9,13-14H2,1-2H3,(H,24,27)/t17-/m1/s1. The van der Waals surface area contributed by atoms with E-state index in [4.69, 9.17) is 14.2 Å². The number of nitro groups is 1. The number of methoxy groups -OCH3 is 2. The molecule has 35 heavy (non-hydrogen) atoms. The van der Waals surface area contributed by atoms with E-state index in [1.807, 2.05) is 0 Å². The highest BCUT2D eigenvalue weighted by molar-refractivity contribution is 7.89. The van der Waals surface area contributed by atoms with Crippen molar-refractivity contribution in [2.24, 2.45) is 0 Å². The average molecular weight is 504 g/mol. The number of nitrogens with zero attached hydrogens (tertiary/aromatic N) is 2.